The molecule has 2 aromatic rings. The lowest BCUT2D eigenvalue weighted by Crippen LogP contribution is -2.32. The summed E-state index contributed by atoms with van der Waals surface area (Å²) in [5.41, 5.74) is 8.43. The second kappa shape index (κ2) is 8.25. The molecule has 26 heavy (non-hydrogen) atoms. The highest BCUT2D eigenvalue weighted by atomic mass is 16.5. The maximum absolute atomic E-state index is 11.6. The molecule has 1 aliphatic rings. The van der Waals surface area contributed by atoms with E-state index >= 15 is 0 Å². The largest absolute Gasteiger partial charge is 0.380 e. The van der Waals surface area contributed by atoms with Gasteiger partial charge >= 0.3 is 0 Å². The van der Waals surface area contributed by atoms with Crippen molar-refractivity contribution >= 4 is 11.9 Å². The molecule has 2 heterocycles. The van der Waals surface area contributed by atoms with Gasteiger partial charge in [0.15, 0.2) is 0 Å². The van der Waals surface area contributed by atoms with Crippen LogP contribution >= 0.6 is 0 Å². The number of likely N-dealkylation sites (N-methyl/N-ethyl adjacent to an activating group) is 1. The van der Waals surface area contributed by atoms with E-state index in [1.54, 1.807) is 19.1 Å². The van der Waals surface area contributed by atoms with Crippen LogP contribution in [0.15, 0.2) is 36.7 Å². The molecule has 7 heteroatoms. The summed E-state index contributed by atoms with van der Waals surface area (Å²) in [7, 11) is 3.49. The lowest BCUT2D eigenvalue weighted by Gasteiger charge is -2.17. The Morgan fingerprint density at radius 2 is 2.12 bits per heavy atom. The minimum atomic E-state index is -0.0805. The zero-order valence-electron chi connectivity index (χ0n) is 15.3. The number of hydrogen-bond donors (Lipinski definition) is 1. The van der Waals surface area contributed by atoms with Gasteiger partial charge in [0.1, 0.15) is 0 Å². The summed E-state index contributed by atoms with van der Waals surface area (Å²) in [5, 5.41) is 0. The van der Waals surface area contributed by atoms with Crippen molar-refractivity contribution in [3.8, 4) is 11.1 Å². The van der Waals surface area contributed by atoms with Crippen LogP contribution in [0, 0.1) is 0 Å². The first-order valence-electron chi connectivity index (χ1n) is 8.74. The highest BCUT2D eigenvalue weighted by molar-refractivity contribution is 5.77. The monoisotopic (exact) mass is 355 g/mol. The van der Waals surface area contributed by atoms with E-state index in [1.807, 2.05) is 30.6 Å². The minimum absolute atomic E-state index is 0.0198. The van der Waals surface area contributed by atoms with Gasteiger partial charge in [0, 0.05) is 51.7 Å². The molecule has 2 N–H and O–H groups in total. The molecule has 1 fully saturated rings. The average Bonchev–Trinajstić information content (AvgIpc) is 3.17. The van der Waals surface area contributed by atoms with Gasteiger partial charge in [-0.15, -0.1) is 0 Å². The van der Waals surface area contributed by atoms with Gasteiger partial charge in [-0.05, 0) is 23.6 Å². The highest BCUT2D eigenvalue weighted by Crippen LogP contribution is 2.22. The van der Waals surface area contributed by atoms with Crippen LogP contribution in [-0.4, -0.2) is 60.7 Å². The Kier molecular flexibility index (Phi) is 5.80. The molecule has 1 atom stereocenters. The molecule has 7 nitrogen and oxygen atoms in total. The number of nitrogens with zero attached hydrogens (tertiary/aromatic N) is 4. The van der Waals surface area contributed by atoms with Crippen LogP contribution < -0.4 is 10.6 Å². The number of benzene rings is 1. The molecule has 138 valence electrons. The predicted octanol–water partition coefficient (Wildman–Crippen LogP) is 1.29. The lowest BCUT2D eigenvalue weighted by molar-refractivity contribution is -0.128. The maximum atomic E-state index is 11.6. The lowest BCUT2D eigenvalue weighted by atomic mass is 10.1. The zero-order valence-corrected chi connectivity index (χ0v) is 15.3. The van der Waals surface area contributed by atoms with Crippen molar-refractivity contribution in [2.75, 3.05) is 38.7 Å². The van der Waals surface area contributed by atoms with Gasteiger partial charge in [-0.2, -0.15) is 0 Å². The molecular weight excluding hydrogens is 330 g/mol. The van der Waals surface area contributed by atoms with Crippen LogP contribution in [-0.2, 0) is 16.1 Å². The number of anilines is 1. The van der Waals surface area contributed by atoms with Crippen molar-refractivity contribution in [3.63, 3.8) is 0 Å². The van der Waals surface area contributed by atoms with E-state index in [2.05, 4.69) is 20.9 Å². The van der Waals surface area contributed by atoms with E-state index in [0.29, 0.717) is 6.54 Å². The molecule has 1 amide bonds. The van der Waals surface area contributed by atoms with Crippen molar-refractivity contribution < 1.29 is 9.53 Å². The predicted molar refractivity (Wildman–Crippen MR) is 101 cm³/mol. The van der Waals surface area contributed by atoms with Gasteiger partial charge in [-0.25, -0.2) is 9.97 Å². The molecule has 0 saturated carbocycles. The Morgan fingerprint density at radius 3 is 2.77 bits per heavy atom. The molecule has 0 aliphatic carbocycles. The van der Waals surface area contributed by atoms with Crippen molar-refractivity contribution in [1.82, 2.24) is 14.9 Å². The second-order valence-electron chi connectivity index (χ2n) is 6.52. The van der Waals surface area contributed by atoms with Gasteiger partial charge in [0.05, 0.1) is 12.6 Å². The third-order valence-electron chi connectivity index (χ3n) is 4.68. The normalized spacial score (nSPS) is 16.7. The average molecular weight is 355 g/mol. The molecule has 3 rings (SSSR count). The topological polar surface area (TPSA) is 84.6 Å². The third-order valence-corrected chi connectivity index (χ3v) is 4.68. The Balaban J connectivity index is 1.71. The van der Waals surface area contributed by atoms with Crippen molar-refractivity contribution in [3.05, 3.63) is 42.2 Å². The summed E-state index contributed by atoms with van der Waals surface area (Å²) in [6, 6.07) is 8.04. The van der Waals surface area contributed by atoms with Gasteiger partial charge in [-0.3, -0.25) is 4.79 Å². The van der Waals surface area contributed by atoms with E-state index in [-0.39, 0.29) is 18.6 Å². The molecule has 1 aliphatic heterocycles. The smallest absolute Gasteiger partial charge is 0.236 e. The fraction of sp³-hybridized carbons (Fsp3) is 0.421. The summed E-state index contributed by atoms with van der Waals surface area (Å²) < 4.78 is 5.39. The number of amides is 1. The fourth-order valence-electron chi connectivity index (χ4n) is 3.10. The number of rotatable bonds is 6. The van der Waals surface area contributed by atoms with Crippen LogP contribution in [0.4, 0.5) is 5.95 Å². The Hall–Kier alpha value is -2.51. The molecule has 0 spiro atoms. The van der Waals surface area contributed by atoms with Crippen LogP contribution in [0.5, 0.6) is 0 Å². The number of carbonyl (C=O) groups excluding carboxylic acids is 1. The first kappa shape index (κ1) is 18.3. The SMILES string of the molecule is CO[C@@H]1CCN(c2ncc(-c3cccc(CN(C)C(=O)CN)c3)cn2)C1. The van der Waals surface area contributed by atoms with Crippen molar-refractivity contribution in [2.45, 2.75) is 19.1 Å². The van der Waals surface area contributed by atoms with Crippen LogP contribution in [0.25, 0.3) is 11.1 Å². The number of aromatic nitrogens is 2. The summed E-state index contributed by atoms with van der Waals surface area (Å²) >= 11 is 0. The molecular formula is C19H25N5O2. The number of methoxy groups -OCH3 is 1. The molecule has 0 unspecified atom stereocenters. The van der Waals surface area contributed by atoms with Crippen LogP contribution in [0.3, 0.4) is 0 Å². The Bertz CT molecular complexity index is 750. The molecule has 1 aromatic heterocycles. The quantitative estimate of drug-likeness (QED) is 0.840. The van der Waals surface area contributed by atoms with E-state index < -0.39 is 0 Å². The van der Waals surface area contributed by atoms with Crippen LogP contribution in [0.1, 0.15) is 12.0 Å². The Labute approximate surface area is 153 Å². The Morgan fingerprint density at radius 1 is 1.35 bits per heavy atom. The molecule has 1 aromatic carbocycles. The minimum Gasteiger partial charge on any atom is -0.380 e. The van der Waals surface area contributed by atoms with Gasteiger partial charge in [0.25, 0.3) is 0 Å². The molecule has 0 radical (unpaired) electrons. The van der Waals surface area contributed by atoms with E-state index in [0.717, 1.165) is 42.1 Å². The molecule has 0 bridgehead atoms. The zero-order chi connectivity index (χ0) is 18.5. The van der Waals surface area contributed by atoms with Crippen molar-refractivity contribution in [2.24, 2.45) is 5.73 Å². The van der Waals surface area contributed by atoms with E-state index in [9.17, 15) is 4.79 Å². The van der Waals surface area contributed by atoms with Gasteiger partial charge < -0.3 is 20.3 Å². The van der Waals surface area contributed by atoms with E-state index in [4.69, 9.17) is 10.5 Å². The summed E-state index contributed by atoms with van der Waals surface area (Å²) in [6.07, 6.45) is 4.94. The summed E-state index contributed by atoms with van der Waals surface area (Å²) in [5.74, 6) is 0.654. The number of ether oxygens (including phenoxy) is 1. The fourth-order valence-corrected chi connectivity index (χ4v) is 3.10. The number of nitrogens with two attached hydrogens (primary N) is 1. The number of hydrogen-bond acceptors (Lipinski definition) is 6. The van der Waals surface area contributed by atoms with Gasteiger partial charge in [0.2, 0.25) is 11.9 Å². The maximum Gasteiger partial charge on any atom is 0.236 e. The first-order chi connectivity index (χ1) is 12.6. The standard InChI is InChI=1S/C19H25N5O2/c1-23(18(25)9-20)12-14-4-3-5-15(8-14)16-10-21-19(22-11-16)24-7-6-17(13-24)26-2/h3-5,8,10-11,17H,6-7,9,12-13,20H2,1-2H3/t17-/m1/s1. The highest BCUT2D eigenvalue weighted by Gasteiger charge is 2.23. The third kappa shape index (κ3) is 4.17. The van der Waals surface area contributed by atoms with Crippen LogP contribution in [0.2, 0.25) is 0 Å². The number of carbonyl (C=O) groups is 1. The van der Waals surface area contributed by atoms with Gasteiger partial charge in [-0.1, -0.05) is 18.2 Å². The van der Waals surface area contributed by atoms with Crippen molar-refractivity contribution in [1.29, 1.82) is 0 Å². The summed E-state index contributed by atoms with van der Waals surface area (Å²) in [6.45, 7) is 2.28. The van der Waals surface area contributed by atoms with E-state index in [1.165, 1.54) is 0 Å². The summed E-state index contributed by atoms with van der Waals surface area (Å²) in [4.78, 5) is 24.4. The second-order valence-corrected chi connectivity index (χ2v) is 6.52. The molecule has 1 saturated heterocycles. The first-order valence-corrected chi connectivity index (χ1v) is 8.74.